The Morgan fingerprint density at radius 2 is 1.55 bits per heavy atom. The summed E-state index contributed by atoms with van der Waals surface area (Å²) in [6.07, 6.45) is 2.34. The summed E-state index contributed by atoms with van der Waals surface area (Å²) >= 11 is 5.34. The van der Waals surface area contributed by atoms with Gasteiger partial charge in [0.2, 0.25) is 0 Å². The van der Waals surface area contributed by atoms with Crippen LogP contribution in [0.2, 0.25) is 0 Å². The molecule has 162 valence electrons. The summed E-state index contributed by atoms with van der Waals surface area (Å²) in [5.41, 5.74) is 4.23. The van der Waals surface area contributed by atoms with Crippen LogP contribution in [0.1, 0.15) is 85.8 Å². The Morgan fingerprint density at radius 3 is 2.14 bits per heavy atom. The topological polar surface area (TPSA) is 9.23 Å². The molecule has 0 N–H and O–H groups in total. The molecular weight excluding hydrogens is 372 g/mol. The highest BCUT2D eigenvalue weighted by Gasteiger charge is 2.79. The fourth-order valence-corrected chi connectivity index (χ4v) is 9.56. The van der Waals surface area contributed by atoms with Gasteiger partial charge in [-0.2, -0.15) is 12.6 Å². The van der Waals surface area contributed by atoms with E-state index >= 15 is 0 Å². The van der Waals surface area contributed by atoms with E-state index in [2.05, 4.69) is 80.5 Å². The third-order valence-electron chi connectivity index (χ3n) is 11.9. The van der Waals surface area contributed by atoms with E-state index in [4.69, 9.17) is 17.4 Å². The minimum absolute atomic E-state index is 0.215. The number of hydrogen-bond acceptors (Lipinski definition) is 2. The summed E-state index contributed by atoms with van der Waals surface area (Å²) in [4.78, 5) is 0. The Morgan fingerprint density at radius 1 is 0.931 bits per heavy atom. The minimum Gasteiger partial charge on any atom is -0.497 e. The molecule has 0 aliphatic heterocycles. The van der Waals surface area contributed by atoms with Crippen molar-refractivity contribution in [2.24, 2.45) is 38.9 Å². The van der Waals surface area contributed by atoms with Crippen LogP contribution >= 0.6 is 12.6 Å². The Kier molecular flexibility index (Phi) is 4.46. The maximum absolute atomic E-state index is 5.55. The molecule has 1 nitrogen and oxygen atoms in total. The zero-order chi connectivity index (χ0) is 21.8. The van der Waals surface area contributed by atoms with Gasteiger partial charge in [-0.3, -0.25) is 0 Å². The van der Waals surface area contributed by atoms with Gasteiger partial charge in [0.25, 0.3) is 0 Å². The fourth-order valence-electron chi connectivity index (χ4n) is 8.88. The zero-order valence-electron chi connectivity index (χ0n) is 20.3. The lowest BCUT2D eigenvalue weighted by Crippen LogP contribution is -2.60. The second-order valence-electron chi connectivity index (χ2n) is 12.5. The maximum atomic E-state index is 5.55. The van der Waals surface area contributed by atoms with Gasteiger partial charge in [0.05, 0.1) is 7.11 Å². The highest BCUT2D eigenvalue weighted by Crippen LogP contribution is 2.85. The molecule has 0 spiro atoms. The number of fused-ring (bicyclic) bond motifs is 5. The Labute approximate surface area is 184 Å². The minimum atomic E-state index is 0.215. The average Bonchev–Trinajstić information content (AvgIpc) is 2.68. The first kappa shape index (κ1) is 21.6. The van der Waals surface area contributed by atoms with Gasteiger partial charge in [-0.05, 0) is 80.9 Å². The molecule has 29 heavy (non-hydrogen) atoms. The first-order chi connectivity index (χ1) is 13.2. The highest BCUT2D eigenvalue weighted by molar-refractivity contribution is 7.81. The van der Waals surface area contributed by atoms with E-state index in [1.54, 1.807) is 12.7 Å². The zero-order valence-corrected chi connectivity index (χ0v) is 21.2. The predicted octanol–water partition coefficient (Wildman–Crippen LogP) is 7.39. The monoisotopic (exact) mass is 414 g/mol. The lowest BCUT2D eigenvalue weighted by molar-refractivity contribution is -0.134. The second kappa shape index (κ2) is 5.99. The van der Waals surface area contributed by atoms with Crippen molar-refractivity contribution in [1.29, 1.82) is 0 Å². The van der Waals surface area contributed by atoms with Gasteiger partial charge < -0.3 is 4.74 Å². The van der Waals surface area contributed by atoms with Crippen molar-refractivity contribution in [2.45, 2.75) is 86.3 Å². The Balaban J connectivity index is 1.97. The van der Waals surface area contributed by atoms with Crippen molar-refractivity contribution in [3.8, 4) is 5.75 Å². The molecule has 0 amide bonds. The molecule has 2 heteroatoms. The van der Waals surface area contributed by atoms with Gasteiger partial charge >= 0.3 is 0 Å². The van der Waals surface area contributed by atoms with Crippen LogP contribution in [0.5, 0.6) is 5.75 Å². The molecule has 4 rings (SSSR count). The summed E-state index contributed by atoms with van der Waals surface area (Å²) in [6, 6.07) is 6.81. The van der Waals surface area contributed by atoms with Gasteiger partial charge in [-0.1, -0.05) is 68.4 Å². The van der Waals surface area contributed by atoms with Gasteiger partial charge in [-0.25, -0.2) is 0 Å². The largest absolute Gasteiger partial charge is 0.497 e. The van der Waals surface area contributed by atoms with Crippen LogP contribution in [0.3, 0.4) is 0 Å². The van der Waals surface area contributed by atoms with Crippen molar-refractivity contribution in [2.75, 3.05) is 7.11 Å². The number of hydrogen-bond donors (Lipinski definition) is 1. The number of benzene rings is 1. The molecule has 3 unspecified atom stereocenters. The second-order valence-corrected chi connectivity index (χ2v) is 13.1. The molecule has 0 heterocycles. The van der Waals surface area contributed by atoms with Gasteiger partial charge in [-0.15, -0.1) is 0 Å². The molecule has 0 aromatic heterocycles. The van der Waals surface area contributed by atoms with E-state index in [1.807, 2.05) is 0 Å². The van der Waals surface area contributed by atoms with Crippen molar-refractivity contribution >= 4 is 12.6 Å². The average molecular weight is 415 g/mol. The maximum Gasteiger partial charge on any atom is 0.119 e. The molecule has 0 saturated heterocycles. The van der Waals surface area contributed by atoms with Crippen molar-refractivity contribution in [3.05, 3.63) is 29.3 Å². The van der Waals surface area contributed by atoms with Crippen molar-refractivity contribution in [3.63, 3.8) is 0 Å². The van der Waals surface area contributed by atoms with Crippen molar-refractivity contribution in [1.82, 2.24) is 0 Å². The molecule has 0 bridgehead atoms. The van der Waals surface area contributed by atoms with Crippen LogP contribution in [0, 0.1) is 38.9 Å². The normalized spacial score (nSPS) is 43.8. The van der Waals surface area contributed by atoms with E-state index in [0.29, 0.717) is 23.0 Å². The van der Waals surface area contributed by atoms with Crippen LogP contribution in [-0.4, -0.2) is 12.4 Å². The lowest BCUT2D eigenvalue weighted by atomic mass is 9.40. The van der Waals surface area contributed by atoms with E-state index in [9.17, 15) is 0 Å². The predicted molar refractivity (Wildman–Crippen MR) is 127 cm³/mol. The van der Waals surface area contributed by atoms with Gasteiger partial charge in [0.15, 0.2) is 0 Å². The molecule has 6 atom stereocenters. The fraction of sp³-hybridized carbons (Fsp3) is 0.778. The third kappa shape index (κ3) is 2.16. The molecule has 2 fully saturated rings. The van der Waals surface area contributed by atoms with E-state index in [-0.39, 0.29) is 27.1 Å². The van der Waals surface area contributed by atoms with Crippen LogP contribution in [-0.2, 0) is 6.42 Å². The number of ether oxygens (including phenoxy) is 1. The van der Waals surface area contributed by atoms with E-state index in [1.165, 1.54) is 12.0 Å². The summed E-state index contributed by atoms with van der Waals surface area (Å²) in [6.45, 7) is 23.1. The van der Waals surface area contributed by atoms with Crippen LogP contribution in [0.15, 0.2) is 18.2 Å². The standard InChI is InChI=1S/C27H42OS/c1-16-15-26(8)24(4,5)23(2,3)25(6,7)27(26,9)22-20(29)14-17-13-18(28-10)11-12-19(17)21(16)22/h11-13,16,20-22,29H,14-15H2,1-10H3/t16-,20?,21?,22?,26+,27+/m0/s1. The SMILES string of the molecule is COc1ccc2c(c1)CC(S)C1C2[C@@H](C)C[C@]2(C)C(C)(C)C(C)(C)C(C)(C)[C@@]12C. The van der Waals surface area contributed by atoms with E-state index < -0.39 is 0 Å². The number of rotatable bonds is 1. The lowest BCUT2D eigenvalue weighted by Gasteiger charge is -2.65. The molecule has 3 aliphatic rings. The molecular formula is C27H42OS. The summed E-state index contributed by atoms with van der Waals surface area (Å²) in [7, 11) is 1.77. The Bertz CT molecular complexity index is 837. The van der Waals surface area contributed by atoms with Crippen LogP contribution in [0.25, 0.3) is 0 Å². The highest BCUT2D eigenvalue weighted by atomic mass is 32.1. The number of methoxy groups -OCH3 is 1. The molecule has 3 aliphatic carbocycles. The first-order valence-corrected chi connectivity index (χ1v) is 12.1. The molecule has 1 aromatic rings. The summed E-state index contributed by atoms with van der Waals surface area (Å²) < 4.78 is 5.55. The summed E-state index contributed by atoms with van der Waals surface area (Å²) in [5, 5.41) is 0.385. The molecule has 1 aromatic carbocycles. The smallest absolute Gasteiger partial charge is 0.119 e. The first-order valence-electron chi connectivity index (χ1n) is 11.5. The Hall–Kier alpha value is -0.630. The molecule has 2 saturated carbocycles. The molecule has 0 radical (unpaired) electrons. The van der Waals surface area contributed by atoms with Gasteiger partial charge in [0.1, 0.15) is 5.75 Å². The van der Waals surface area contributed by atoms with Crippen LogP contribution in [0.4, 0.5) is 0 Å². The van der Waals surface area contributed by atoms with Crippen molar-refractivity contribution < 1.29 is 4.74 Å². The summed E-state index contributed by atoms with van der Waals surface area (Å²) in [5.74, 6) is 2.79. The van der Waals surface area contributed by atoms with E-state index in [0.717, 1.165) is 12.2 Å². The quantitative estimate of drug-likeness (QED) is 0.471. The third-order valence-corrected chi connectivity index (χ3v) is 12.4. The van der Waals surface area contributed by atoms with Gasteiger partial charge in [0, 0.05) is 5.25 Å². The number of thiol groups is 1. The van der Waals surface area contributed by atoms with Crippen LogP contribution < -0.4 is 4.74 Å².